The first-order valence-electron chi connectivity index (χ1n) is 5.80. The second-order valence-corrected chi connectivity index (χ2v) is 4.41. The summed E-state index contributed by atoms with van der Waals surface area (Å²) >= 11 is 0. The molecule has 0 spiro atoms. The average molecular weight is 263 g/mol. The van der Waals surface area contributed by atoms with Crippen molar-refractivity contribution in [3.63, 3.8) is 0 Å². The van der Waals surface area contributed by atoms with E-state index >= 15 is 0 Å². The van der Waals surface area contributed by atoms with Gasteiger partial charge in [0.15, 0.2) is 0 Å². The van der Waals surface area contributed by atoms with Gasteiger partial charge in [-0.25, -0.2) is 4.39 Å². The summed E-state index contributed by atoms with van der Waals surface area (Å²) in [6.45, 7) is 1.43. The molecule has 4 nitrogen and oxygen atoms in total. The maximum absolute atomic E-state index is 13.4. The van der Waals surface area contributed by atoms with Crippen molar-refractivity contribution in [3.8, 4) is 0 Å². The maximum Gasteiger partial charge on any atom is 0.254 e. The predicted octanol–water partition coefficient (Wildman–Crippen LogP) is 2.06. The van der Waals surface area contributed by atoms with Gasteiger partial charge in [0.25, 0.3) is 5.91 Å². The van der Waals surface area contributed by atoms with E-state index in [2.05, 4.69) is 5.32 Å². The van der Waals surface area contributed by atoms with E-state index in [9.17, 15) is 14.3 Å². The lowest BCUT2D eigenvalue weighted by Gasteiger charge is -2.21. The van der Waals surface area contributed by atoms with Gasteiger partial charge >= 0.3 is 0 Å². The van der Waals surface area contributed by atoms with Crippen molar-refractivity contribution in [3.05, 3.63) is 59.8 Å². The molecule has 2 rings (SSSR count). The molecule has 0 saturated carbocycles. The summed E-state index contributed by atoms with van der Waals surface area (Å²) in [6.07, 6.45) is 1.43. The quantitative estimate of drug-likeness (QED) is 0.887. The summed E-state index contributed by atoms with van der Waals surface area (Å²) in [7, 11) is 0. The molecular weight excluding hydrogens is 249 g/mol. The molecule has 5 heteroatoms. The smallest absolute Gasteiger partial charge is 0.254 e. The Balaban J connectivity index is 2.03. The molecule has 0 unspecified atom stereocenters. The Hall–Kier alpha value is -2.14. The molecule has 0 fully saturated rings. The van der Waals surface area contributed by atoms with E-state index < -0.39 is 17.3 Å². The molecule has 1 amide bonds. The summed E-state index contributed by atoms with van der Waals surface area (Å²) < 4.78 is 18.5. The van der Waals surface area contributed by atoms with Gasteiger partial charge in [-0.05, 0) is 31.2 Å². The standard InChI is InChI=1S/C14H14FNO3/c1-14(18,12-7-4-8-19-12)9-16-13(17)10-5-2-3-6-11(10)15/h2-8,18H,9H2,1H3,(H,16,17)/t14-/m0/s1. The Kier molecular flexibility index (Phi) is 3.66. The van der Waals surface area contributed by atoms with Crippen LogP contribution in [0.25, 0.3) is 0 Å². The molecule has 0 aliphatic rings. The number of hydrogen-bond donors (Lipinski definition) is 2. The predicted molar refractivity (Wildman–Crippen MR) is 67.0 cm³/mol. The number of carbonyl (C=O) groups is 1. The minimum absolute atomic E-state index is 0.0576. The number of rotatable bonds is 4. The zero-order chi connectivity index (χ0) is 13.9. The maximum atomic E-state index is 13.4. The summed E-state index contributed by atoms with van der Waals surface area (Å²) in [4.78, 5) is 11.8. The Morgan fingerprint density at radius 3 is 2.74 bits per heavy atom. The lowest BCUT2D eigenvalue weighted by molar-refractivity contribution is 0.0329. The van der Waals surface area contributed by atoms with Gasteiger partial charge in [-0.3, -0.25) is 4.79 Å². The largest absolute Gasteiger partial charge is 0.466 e. The molecule has 0 aliphatic carbocycles. The van der Waals surface area contributed by atoms with Crippen LogP contribution in [-0.4, -0.2) is 17.6 Å². The first-order chi connectivity index (χ1) is 9.00. The number of furan rings is 1. The Bertz CT molecular complexity index is 564. The highest BCUT2D eigenvalue weighted by atomic mass is 19.1. The van der Waals surface area contributed by atoms with Gasteiger partial charge in [-0.15, -0.1) is 0 Å². The van der Waals surface area contributed by atoms with E-state index in [-0.39, 0.29) is 12.1 Å². The second kappa shape index (κ2) is 5.24. The molecule has 100 valence electrons. The number of halogens is 1. The van der Waals surface area contributed by atoms with Crippen LogP contribution in [0.2, 0.25) is 0 Å². The normalized spacial score (nSPS) is 13.8. The van der Waals surface area contributed by atoms with Crippen molar-refractivity contribution < 1.29 is 18.7 Å². The van der Waals surface area contributed by atoms with Crippen LogP contribution >= 0.6 is 0 Å². The SMILES string of the molecule is C[C@](O)(CNC(=O)c1ccccc1F)c1ccco1. The third kappa shape index (κ3) is 3.00. The molecule has 1 aromatic carbocycles. The summed E-state index contributed by atoms with van der Waals surface area (Å²) in [6, 6.07) is 8.91. The molecule has 1 atom stereocenters. The van der Waals surface area contributed by atoms with Crippen molar-refractivity contribution >= 4 is 5.91 Å². The van der Waals surface area contributed by atoms with Crippen LogP contribution in [0.5, 0.6) is 0 Å². The van der Waals surface area contributed by atoms with E-state index in [1.807, 2.05) is 0 Å². The zero-order valence-corrected chi connectivity index (χ0v) is 10.4. The number of aliphatic hydroxyl groups is 1. The van der Waals surface area contributed by atoms with Crippen LogP contribution < -0.4 is 5.32 Å². The molecule has 0 saturated heterocycles. The van der Waals surface area contributed by atoms with Gasteiger partial charge in [0.1, 0.15) is 17.2 Å². The highest BCUT2D eigenvalue weighted by Gasteiger charge is 2.27. The molecule has 1 heterocycles. The molecule has 2 aromatic rings. The molecular formula is C14H14FNO3. The Morgan fingerprint density at radius 2 is 2.11 bits per heavy atom. The highest BCUT2D eigenvalue weighted by Crippen LogP contribution is 2.20. The number of carbonyl (C=O) groups excluding carboxylic acids is 1. The average Bonchev–Trinajstić information content (AvgIpc) is 2.91. The van der Waals surface area contributed by atoms with Gasteiger partial charge < -0.3 is 14.8 Å². The van der Waals surface area contributed by atoms with E-state index in [1.165, 1.54) is 31.4 Å². The van der Waals surface area contributed by atoms with Crippen LogP contribution in [0.15, 0.2) is 47.1 Å². The zero-order valence-electron chi connectivity index (χ0n) is 10.4. The number of nitrogens with one attached hydrogen (secondary N) is 1. The molecule has 0 aliphatic heterocycles. The van der Waals surface area contributed by atoms with E-state index in [0.717, 1.165) is 0 Å². The van der Waals surface area contributed by atoms with Gasteiger partial charge in [0, 0.05) is 0 Å². The van der Waals surface area contributed by atoms with Crippen LogP contribution in [0.1, 0.15) is 23.0 Å². The molecule has 1 aromatic heterocycles. The van der Waals surface area contributed by atoms with Crippen LogP contribution in [0.4, 0.5) is 4.39 Å². The third-order valence-corrected chi connectivity index (χ3v) is 2.76. The van der Waals surface area contributed by atoms with Crippen molar-refractivity contribution in [1.82, 2.24) is 5.32 Å². The Labute approximate surface area is 109 Å². The number of amides is 1. The fourth-order valence-corrected chi connectivity index (χ4v) is 1.67. The van der Waals surface area contributed by atoms with Crippen LogP contribution in [0.3, 0.4) is 0 Å². The topological polar surface area (TPSA) is 62.5 Å². The lowest BCUT2D eigenvalue weighted by Crippen LogP contribution is -2.38. The van der Waals surface area contributed by atoms with Crippen molar-refractivity contribution in [2.45, 2.75) is 12.5 Å². The summed E-state index contributed by atoms with van der Waals surface area (Å²) in [5, 5.41) is 12.6. The first kappa shape index (κ1) is 13.3. The lowest BCUT2D eigenvalue weighted by atomic mass is 10.0. The van der Waals surface area contributed by atoms with Crippen LogP contribution in [-0.2, 0) is 5.60 Å². The van der Waals surface area contributed by atoms with E-state index in [0.29, 0.717) is 5.76 Å². The van der Waals surface area contributed by atoms with Crippen molar-refractivity contribution in [2.24, 2.45) is 0 Å². The highest BCUT2D eigenvalue weighted by molar-refractivity contribution is 5.94. The minimum atomic E-state index is -1.34. The van der Waals surface area contributed by atoms with E-state index in [4.69, 9.17) is 4.42 Å². The summed E-state index contributed by atoms with van der Waals surface area (Å²) in [5.74, 6) is -0.844. The monoisotopic (exact) mass is 263 g/mol. The van der Waals surface area contributed by atoms with Crippen molar-refractivity contribution in [1.29, 1.82) is 0 Å². The third-order valence-electron chi connectivity index (χ3n) is 2.76. The van der Waals surface area contributed by atoms with Gasteiger partial charge in [-0.1, -0.05) is 12.1 Å². The van der Waals surface area contributed by atoms with E-state index in [1.54, 1.807) is 18.2 Å². The summed E-state index contributed by atoms with van der Waals surface area (Å²) in [5.41, 5.74) is -1.40. The molecule has 19 heavy (non-hydrogen) atoms. The minimum Gasteiger partial charge on any atom is -0.466 e. The first-order valence-corrected chi connectivity index (χ1v) is 5.80. The fraction of sp³-hybridized carbons (Fsp3) is 0.214. The van der Waals surface area contributed by atoms with Gasteiger partial charge in [0.2, 0.25) is 0 Å². The fourth-order valence-electron chi connectivity index (χ4n) is 1.67. The molecule has 2 N–H and O–H groups in total. The van der Waals surface area contributed by atoms with Gasteiger partial charge in [-0.2, -0.15) is 0 Å². The Morgan fingerprint density at radius 1 is 1.37 bits per heavy atom. The van der Waals surface area contributed by atoms with Gasteiger partial charge in [0.05, 0.1) is 18.4 Å². The second-order valence-electron chi connectivity index (χ2n) is 4.41. The molecule has 0 radical (unpaired) electrons. The van der Waals surface area contributed by atoms with Crippen LogP contribution in [0, 0.1) is 5.82 Å². The van der Waals surface area contributed by atoms with Crippen molar-refractivity contribution in [2.75, 3.05) is 6.54 Å². The number of hydrogen-bond acceptors (Lipinski definition) is 3. The number of benzene rings is 1. The molecule has 0 bridgehead atoms.